The molecule has 2 rings (SSSR count). The monoisotopic (exact) mass is 309 g/mol. The highest BCUT2D eigenvalue weighted by molar-refractivity contribution is 14.1. The molecule has 0 amide bonds. The molecule has 3 nitrogen and oxygen atoms in total. The Morgan fingerprint density at radius 3 is 2.87 bits per heavy atom. The molecule has 0 unspecified atom stereocenters. The molecule has 1 heterocycles. The molecule has 0 aliphatic carbocycles. The van der Waals surface area contributed by atoms with Gasteiger partial charge in [0.1, 0.15) is 0 Å². The molecule has 0 saturated heterocycles. The molecule has 0 aliphatic rings. The van der Waals surface area contributed by atoms with Crippen molar-refractivity contribution >= 4 is 22.6 Å². The minimum Gasteiger partial charge on any atom is -0.275 e. The smallest absolute Gasteiger partial charge is 0.0991 e. The Kier molecular flexibility index (Phi) is 2.73. The van der Waals surface area contributed by atoms with E-state index in [9.17, 15) is 0 Å². The van der Waals surface area contributed by atoms with Crippen molar-refractivity contribution in [2.75, 3.05) is 0 Å². The molecule has 4 heteroatoms. The molecular formula is C11H8IN3. The van der Waals surface area contributed by atoms with Crippen molar-refractivity contribution in [1.82, 2.24) is 9.78 Å². The molecule has 0 aliphatic heterocycles. The van der Waals surface area contributed by atoms with Gasteiger partial charge in [-0.3, -0.25) is 4.68 Å². The molecule has 0 saturated carbocycles. The van der Waals surface area contributed by atoms with Crippen LogP contribution in [-0.2, 0) is 7.05 Å². The summed E-state index contributed by atoms with van der Waals surface area (Å²) in [6.45, 7) is 0. The third-order valence-corrected chi connectivity index (χ3v) is 3.05. The van der Waals surface area contributed by atoms with E-state index >= 15 is 0 Å². The first-order valence-electron chi connectivity index (χ1n) is 4.39. The van der Waals surface area contributed by atoms with Crippen molar-refractivity contribution in [2.24, 2.45) is 7.05 Å². The van der Waals surface area contributed by atoms with Gasteiger partial charge in [0.25, 0.3) is 0 Å². The van der Waals surface area contributed by atoms with Gasteiger partial charge in [-0.1, -0.05) is 0 Å². The summed E-state index contributed by atoms with van der Waals surface area (Å²) in [4.78, 5) is 0. The van der Waals surface area contributed by atoms with E-state index in [4.69, 9.17) is 5.26 Å². The highest BCUT2D eigenvalue weighted by Gasteiger charge is 2.05. The van der Waals surface area contributed by atoms with Gasteiger partial charge >= 0.3 is 0 Å². The number of aryl methyl sites for hydroxylation is 1. The van der Waals surface area contributed by atoms with Crippen molar-refractivity contribution in [2.45, 2.75) is 0 Å². The fraction of sp³-hybridized carbons (Fsp3) is 0.0909. The zero-order chi connectivity index (χ0) is 10.8. The molecule has 74 valence electrons. The molecule has 1 aromatic heterocycles. The third-order valence-electron chi connectivity index (χ3n) is 2.11. The van der Waals surface area contributed by atoms with Crippen LogP contribution in [-0.4, -0.2) is 9.78 Å². The fourth-order valence-electron chi connectivity index (χ4n) is 1.38. The Labute approximate surface area is 101 Å². The van der Waals surface area contributed by atoms with Gasteiger partial charge in [0.05, 0.1) is 17.8 Å². The van der Waals surface area contributed by atoms with E-state index in [1.165, 1.54) is 0 Å². The summed E-state index contributed by atoms with van der Waals surface area (Å²) in [5, 5.41) is 13.0. The lowest BCUT2D eigenvalue weighted by Crippen LogP contribution is -1.85. The minimum absolute atomic E-state index is 0.675. The lowest BCUT2D eigenvalue weighted by Gasteiger charge is -2.01. The van der Waals surface area contributed by atoms with Gasteiger partial charge in [-0.05, 0) is 46.4 Å². The highest BCUT2D eigenvalue weighted by Crippen LogP contribution is 2.25. The van der Waals surface area contributed by atoms with Crippen LogP contribution in [0.15, 0.2) is 30.6 Å². The van der Waals surface area contributed by atoms with Crippen LogP contribution < -0.4 is 0 Å². The van der Waals surface area contributed by atoms with Crippen LogP contribution in [0.1, 0.15) is 5.56 Å². The van der Waals surface area contributed by atoms with Gasteiger partial charge in [0, 0.05) is 22.4 Å². The largest absolute Gasteiger partial charge is 0.275 e. The molecule has 15 heavy (non-hydrogen) atoms. The Morgan fingerprint density at radius 1 is 1.47 bits per heavy atom. The van der Waals surface area contributed by atoms with E-state index in [0.29, 0.717) is 5.56 Å². The molecule has 1 aromatic carbocycles. The normalized spacial score (nSPS) is 9.93. The summed E-state index contributed by atoms with van der Waals surface area (Å²) >= 11 is 2.26. The van der Waals surface area contributed by atoms with Crippen molar-refractivity contribution in [3.05, 3.63) is 39.7 Å². The zero-order valence-electron chi connectivity index (χ0n) is 8.11. The van der Waals surface area contributed by atoms with Crippen LogP contribution in [0.5, 0.6) is 0 Å². The first kappa shape index (κ1) is 10.2. The molecule has 0 spiro atoms. The fourth-order valence-corrected chi connectivity index (χ4v) is 2.02. The maximum Gasteiger partial charge on any atom is 0.0991 e. The maximum absolute atomic E-state index is 8.83. The molecule has 0 N–H and O–H groups in total. The number of rotatable bonds is 1. The molecule has 2 aromatic rings. The number of benzene rings is 1. The van der Waals surface area contributed by atoms with Gasteiger partial charge in [-0.2, -0.15) is 10.4 Å². The summed E-state index contributed by atoms with van der Waals surface area (Å²) < 4.78 is 2.88. The molecule has 0 atom stereocenters. The Balaban J connectivity index is 2.57. The number of nitriles is 1. The van der Waals surface area contributed by atoms with Crippen molar-refractivity contribution < 1.29 is 0 Å². The number of hydrogen-bond donors (Lipinski definition) is 0. The molecule has 0 fully saturated rings. The van der Waals surface area contributed by atoms with Gasteiger partial charge in [0.2, 0.25) is 0 Å². The average molecular weight is 309 g/mol. The molecule has 0 bridgehead atoms. The van der Waals surface area contributed by atoms with Gasteiger partial charge in [0.15, 0.2) is 0 Å². The van der Waals surface area contributed by atoms with Gasteiger partial charge in [-0.15, -0.1) is 0 Å². The van der Waals surface area contributed by atoms with E-state index < -0.39 is 0 Å². The lowest BCUT2D eigenvalue weighted by molar-refractivity contribution is 0.768. The first-order chi connectivity index (χ1) is 7.20. The Hall–Kier alpha value is -1.35. The molecular weight excluding hydrogens is 301 g/mol. The maximum atomic E-state index is 8.83. The second-order valence-electron chi connectivity index (χ2n) is 3.21. The summed E-state index contributed by atoms with van der Waals surface area (Å²) in [5.74, 6) is 0. The molecule has 0 radical (unpaired) electrons. The quantitative estimate of drug-likeness (QED) is 0.760. The Bertz CT molecular complexity index is 537. The summed E-state index contributed by atoms with van der Waals surface area (Å²) in [6.07, 6.45) is 3.75. The highest BCUT2D eigenvalue weighted by atomic mass is 127. The second kappa shape index (κ2) is 4.03. The van der Waals surface area contributed by atoms with Gasteiger partial charge < -0.3 is 0 Å². The van der Waals surface area contributed by atoms with Crippen LogP contribution in [0.25, 0.3) is 11.1 Å². The van der Waals surface area contributed by atoms with Crippen LogP contribution in [0.4, 0.5) is 0 Å². The third kappa shape index (κ3) is 2.02. The van der Waals surface area contributed by atoms with Crippen LogP contribution >= 0.6 is 22.6 Å². The van der Waals surface area contributed by atoms with Crippen molar-refractivity contribution in [3.8, 4) is 17.2 Å². The van der Waals surface area contributed by atoms with Crippen molar-refractivity contribution in [1.29, 1.82) is 5.26 Å². The topological polar surface area (TPSA) is 41.6 Å². The predicted molar refractivity (Wildman–Crippen MR) is 66.1 cm³/mol. The first-order valence-corrected chi connectivity index (χ1v) is 5.47. The van der Waals surface area contributed by atoms with Crippen molar-refractivity contribution in [3.63, 3.8) is 0 Å². The van der Waals surface area contributed by atoms with E-state index in [0.717, 1.165) is 14.7 Å². The SMILES string of the molecule is Cn1cc(-c2cc(C#N)ccc2I)cn1. The number of hydrogen-bond acceptors (Lipinski definition) is 2. The summed E-state index contributed by atoms with van der Waals surface area (Å²) in [7, 11) is 1.88. The average Bonchev–Trinajstić information content (AvgIpc) is 2.65. The number of aromatic nitrogens is 2. The standard InChI is InChI=1S/C11H8IN3/c1-15-7-9(6-14-15)10-4-8(5-13)2-3-11(10)12/h2-4,6-7H,1H3. The van der Waals surface area contributed by atoms with E-state index in [2.05, 4.69) is 33.8 Å². The van der Waals surface area contributed by atoms with Crippen LogP contribution in [0.3, 0.4) is 0 Å². The minimum atomic E-state index is 0.675. The second-order valence-corrected chi connectivity index (χ2v) is 4.37. The summed E-state index contributed by atoms with van der Waals surface area (Å²) in [6, 6.07) is 7.80. The lowest BCUT2D eigenvalue weighted by atomic mass is 10.1. The zero-order valence-corrected chi connectivity index (χ0v) is 10.3. The number of nitrogens with zero attached hydrogens (tertiary/aromatic N) is 3. The van der Waals surface area contributed by atoms with E-state index in [1.54, 1.807) is 10.9 Å². The van der Waals surface area contributed by atoms with Crippen LogP contribution in [0.2, 0.25) is 0 Å². The van der Waals surface area contributed by atoms with Gasteiger partial charge in [-0.25, -0.2) is 0 Å². The number of halogens is 1. The van der Waals surface area contributed by atoms with Crippen LogP contribution in [0, 0.1) is 14.9 Å². The van der Waals surface area contributed by atoms with E-state index in [-0.39, 0.29) is 0 Å². The van der Waals surface area contributed by atoms with E-state index in [1.807, 2.05) is 31.4 Å². The predicted octanol–water partition coefficient (Wildman–Crippen LogP) is 2.56. The summed E-state index contributed by atoms with van der Waals surface area (Å²) in [5.41, 5.74) is 2.77. The Morgan fingerprint density at radius 2 is 2.27 bits per heavy atom.